The molecule has 1 fully saturated rings. The maximum atomic E-state index is 12.8. The molecule has 1 amide bonds. The number of para-hydroxylation sites is 1. The number of piperidine rings is 1. The zero-order valence-corrected chi connectivity index (χ0v) is 18.4. The van der Waals surface area contributed by atoms with Crippen LogP contribution in [0.25, 0.3) is 10.9 Å². The van der Waals surface area contributed by atoms with Crippen LogP contribution in [-0.4, -0.2) is 52.8 Å². The SMILES string of the molecule is CCOCC1(O)CCN(C(=O)c2ccc(NSc3cccc4cccnc34)cc2)CC1. The number of aromatic nitrogens is 1. The van der Waals surface area contributed by atoms with Crippen LogP contribution >= 0.6 is 11.9 Å². The summed E-state index contributed by atoms with van der Waals surface area (Å²) in [6.07, 6.45) is 2.87. The molecule has 3 aromatic rings. The van der Waals surface area contributed by atoms with Gasteiger partial charge in [-0.25, -0.2) is 0 Å². The first kappa shape index (κ1) is 21.6. The average molecular weight is 438 g/mol. The van der Waals surface area contributed by atoms with Crippen molar-refractivity contribution in [3.63, 3.8) is 0 Å². The Morgan fingerprint density at radius 1 is 1.16 bits per heavy atom. The molecule has 0 aliphatic carbocycles. The summed E-state index contributed by atoms with van der Waals surface area (Å²) < 4.78 is 8.72. The van der Waals surface area contributed by atoms with Gasteiger partial charge in [-0.3, -0.25) is 9.78 Å². The number of fused-ring (bicyclic) bond motifs is 1. The maximum Gasteiger partial charge on any atom is 0.253 e. The highest BCUT2D eigenvalue weighted by Gasteiger charge is 2.34. The van der Waals surface area contributed by atoms with E-state index in [0.29, 0.717) is 44.7 Å². The molecule has 4 rings (SSSR count). The third-order valence-corrected chi connectivity index (χ3v) is 6.45. The van der Waals surface area contributed by atoms with Gasteiger partial charge in [0.2, 0.25) is 0 Å². The molecular formula is C24H27N3O3S. The predicted octanol–water partition coefficient (Wildman–Crippen LogP) is 4.36. The van der Waals surface area contributed by atoms with Crippen LogP contribution in [0.3, 0.4) is 0 Å². The number of nitrogens with one attached hydrogen (secondary N) is 1. The Morgan fingerprint density at radius 2 is 1.90 bits per heavy atom. The smallest absolute Gasteiger partial charge is 0.253 e. The molecule has 162 valence electrons. The summed E-state index contributed by atoms with van der Waals surface area (Å²) in [4.78, 5) is 20.2. The van der Waals surface area contributed by atoms with E-state index in [-0.39, 0.29) is 5.91 Å². The van der Waals surface area contributed by atoms with E-state index in [0.717, 1.165) is 21.5 Å². The first-order valence-corrected chi connectivity index (χ1v) is 11.4. The zero-order valence-electron chi connectivity index (χ0n) is 17.6. The van der Waals surface area contributed by atoms with E-state index >= 15 is 0 Å². The number of hydrogen-bond acceptors (Lipinski definition) is 6. The minimum Gasteiger partial charge on any atom is -0.387 e. The van der Waals surface area contributed by atoms with Crippen molar-refractivity contribution in [2.75, 3.05) is 31.0 Å². The van der Waals surface area contributed by atoms with Crippen molar-refractivity contribution in [1.29, 1.82) is 0 Å². The van der Waals surface area contributed by atoms with E-state index in [1.807, 2.05) is 61.5 Å². The normalized spacial score (nSPS) is 15.7. The number of anilines is 1. The lowest BCUT2D eigenvalue weighted by atomic mass is 9.92. The lowest BCUT2D eigenvalue weighted by Gasteiger charge is -2.38. The van der Waals surface area contributed by atoms with Crippen LogP contribution in [0.2, 0.25) is 0 Å². The molecular weight excluding hydrogens is 410 g/mol. The number of benzene rings is 2. The summed E-state index contributed by atoms with van der Waals surface area (Å²) in [6, 6.07) is 17.6. The number of aliphatic hydroxyl groups is 1. The fourth-order valence-electron chi connectivity index (χ4n) is 3.70. The number of pyridine rings is 1. The van der Waals surface area contributed by atoms with Crippen LogP contribution in [0.4, 0.5) is 5.69 Å². The van der Waals surface area contributed by atoms with Crippen molar-refractivity contribution in [1.82, 2.24) is 9.88 Å². The minimum atomic E-state index is -0.825. The fraction of sp³-hybridized carbons (Fsp3) is 0.333. The van der Waals surface area contributed by atoms with Crippen molar-refractivity contribution in [2.24, 2.45) is 0 Å². The third-order valence-electron chi connectivity index (χ3n) is 5.56. The van der Waals surface area contributed by atoms with Crippen LogP contribution in [0.1, 0.15) is 30.1 Å². The van der Waals surface area contributed by atoms with Gasteiger partial charge in [0.05, 0.1) is 22.6 Å². The maximum absolute atomic E-state index is 12.8. The van der Waals surface area contributed by atoms with Gasteiger partial charge in [0.1, 0.15) is 0 Å². The second kappa shape index (κ2) is 9.68. The molecule has 6 nitrogen and oxygen atoms in total. The van der Waals surface area contributed by atoms with E-state index in [9.17, 15) is 9.90 Å². The molecule has 31 heavy (non-hydrogen) atoms. The largest absolute Gasteiger partial charge is 0.387 e. The number of likely N-dealkylation sites (tertiary alicyclic amines) is 1. The number of carbonyl (C=O) groups excluding carboxylic acids is 1. The number of carbonyl (C=O) groups is 1. The molecule has 2 heterocycles. The summed E-state index contributed by atoms with van der Waals surface area (Å²) in [7, 11) is 0. The standard InChI is InChI=1S/C24H27N3O3S/c1-2-30-17-24(29)12-15-27(16-13-24)23(28)19-8-10-20(11-9-19)26-31-21-7-3-5-18-6-4-14-25-22(18)21/h3-11,14,26,29H,2,12-13,15-17H2,1H3. The van der Waals surface area contributed by atoms with Crippen molar-refractivity contribution in [3.05, 3.63) is 66.4 Å². The number of amides is 1. The molecule has 1 saturated heterocycles. The highest BCUT2D eigenvalue weighted by Crippen LogP contribution is 2.28. The van der Waals surface area contributed by atoms with Crippen LogP contribution < -0.4 is 4.72 Å². The highest BCUT2D eigenvalue weighted by atomic mass is 32.2. The number of hydrogen-bond donors (Lipinski definition) is 2. The number of rotatable bonds is 7. The van der Waals surface area contributed by atoms with E-state index in [1.54, 1.807) is 11.1 Å². The summed E-state index contributed by atoms with van der Waals surface area (Å²) in [5.41, 5.74) is 1.70. The highest BCUT2D eigenvalue weighted by molar-refractivity contribution is 8.00. The summed E-state index contributed by atoms with van der Waals surface area (Å²) in [5, 5.41) is 11.7. The first-order valence-electron chi connectivity index (χ1n) is 10.5. The van der Waals surface area contributed by atoms with Crippen molar-refractivity contribution < 1.29 is 14.6 Å². The Morgan fingerprint density at radius 3 is 2.65 bits per heavy atom. The lowest BCUT2D eigenvalue weighted by Crippen LogP contribution is -2.49. The average Bonchev–Trinajstić information content (AvgIpc) is 2.82. The van der Waals surface area contributed by atoms with Gasteiger partial charge in [-0.05, 0) is 68.1 Å². The topological polar surface area (TPSA) is 74.7 Å². The van der Waals surface area contributed by atoms with Gasteiger partial charge < -0.3 is 19.5 Å². The molecule has 0 unspecified atom stereocenters. The van der Waals surface area contributed by atoms with E-state index in [2.05, 4.69) is 9.71 Å². The quantitative estimate of drug-likeness (QED) is 0.535. The van der Waals surface area contributed by atoms with Gasteiger partial charge in [0, 0.05) is 42.5 Å². The second-order valence-corrected chi connectivity index (χ2v) is 8.61. The second-order valence-electron chi connectivity index (χ2n) is 7.77. The summed E-state index contributed by atoms with van der Waals surface area (Å²) in [5.74, 6) is -0.00378. The Labute approximate surface area is 186 Å². The third kappa shape index (κ3) is 5.18. The Bertz CT molecular complexity index is 1030. The van der Waals surface area contributed by atoms with Crippen molar-refractivity contribution in [3.8, 4) is 0 Å². The molecule has 2 N–H and O–H groups in total. The van der Waals surface area contributed by atoms with Crippen LogP contribution in [0.15, 0.2) is 65.7 Å². The van der Waals surface area contributed by atoms with Gasteiger partial charge in [0.25, 0.3) is 5.91 Å². The molecule has 0 atom stereocenters. The van der Waals surface area contributed by atoms with E-state index in [4.69, 9.17) is 4.74 Å². The molecule has 7 heteroatoms. The van der Waals surface area contributed by atoms with Crippen molar-refractivity contribution in [2.45, 2.75) is 30.3 Å². The van der Waals surface area contributed by atoms with Gasteiger partial charge in [-0.2, -0.15) is 0 Å². The van der Waals surface area contributed by atoms with Gasteiger partial charge >= 0.3 is 0 Å². The minimum absolute atomic E-state index is 0.00378. The molecule has 0 saturated carbocycles. The summed E-state index contributed by atoms with van der Waals surface area (Å²) in [6.45, 7) is 3.90. The molecule has 1 aromatic heterocycles. The van der Waals surface area contributed by atoms with Crippen LogP contribution in [-0.2, 0) is 4.74 Å². The predicted molar refractivity (Wildman–Crippen MR) is 124 cm³/mol. The van der Waals surface area contributed by atoms with Gasteiger partial charge in [-0.1, -0.05) is 18.2 Å². The Kier molecular flexibility index (Phi) is 6.75. The fourth-order valence-corrected chi connectivity index (χ4v) is 4.48. The first-order chi connectivity index (χ1) is 15.1. The summed E-state index contributed by atoms with van der Waals surface area (Å²) >= 11 is 1.50. The molecule has 2 aromatic carbocycles. The van der Waals surface area contributed by atoms with E-state index in [1.165, 1.54) is 11.9 Å². The van der Waals surface area contributed by atoms with Gasteiger partial charge in [0.15, 0.2) is 0 Å². The molecule has 0 spiro atoms. The Balaban J connectivity index is 1.34. The number of ether oxygens (including phenoxy) is 1. The molecule has 0 bridgehead atoms. The number of nitrogens with zero attached hydrogens (tertiary/aromatic N) is 2. The van der Waals surface area contributed by atoms with Crippen LogP contribution in [0, 0.1) is 0 Å². The van der Waals surface area contributed by atoms with E-state index < -0.39 is 5.60 Å². The lowest BCUT2D eigenvalue weighted by molar-refractivity contribution is -0.0751. The van der Waals surface area contributed by atoms with Crippen molar-refractivity contribution >= 4 is 34.4 Å². The zero-order chi connectivity index (χ0) is 21.7. The molecule has 0 radical (unpaired) electrons. The Hall–Kier alpha value is -2.61. The van der Waals surface area contributed by atoms with Gasteiger partial charge in [-0.15, -0.1) is 0 Å². The molecule has 1 aliphatic heterocycles. The monoisotopic (exact) mass is 437 g/mol. The van der Waals surface area contributed by atoms with Crippen LogP contribution in [0.5, 0.6) is 0 Å². The molecule has 1 aliphatic rings.